The molecule has 0 bridgehead atoms. The van der Waals surface area contributed by atoms with Gasteiger partial charge in [0.05, 0.1) is 19.8 Å². The number of carbonyl (C=O) groups is 4. The van der Waals surface area contributed by atoms with E-state index in [-0.39, 0.29) is 23.8 Å². The zero-order valence-corrected chi connectivity index (χ0v) is 17.0. The molecular formula is C20H27N3O7. The lowest BCUT2D eigenvalue weighted by Gasteiger charge is -2.27. The van der Waals surface area contributed by atoms with Crippen molar-refractivity contribution in [1.29, 1.82) is 0 Å². The lowest BCUT2D eigenvalue weighted by atomic mass is 9.99. The molecule has 164 valence electrons. The van der Waals surface area contributed by atoms with Gasteiger partial charge in [0.25, 0.3) is 0 Å². The third kappa shape index (κ3) is 6.61. The van der Waals surface area contributed by atoms with Gasteiger partial charge in [0.2, 0.25) is 11.8 Å². The standard InChI is InChI=1S/C20H27N3O7/c1-12(21-16(25)11-23-7-9-30-10-8-23)19(27)22-17(20(28)29)18(26)15-5-3-14(4-6-15)13(2)24/h3-6,12,17-18,26H,7-11H2,1-2H3,(H,21,25)(H,22,27)(H,28,29)/t12-,17-,18+/m0/s1. The van der Waals surface area contributed by atoms with E-state index in [0.717, 1.165) is 0 Å². The van der Waals surface area contributed by atoms with Gasteiger partial charge in [0, 0.05) is 18.7 Å². The summed E-state index contributed by atoms with van der Waals surface area (Å²) in [7, 11) is 0. The van der Waals surface area contributed by atoms with Gasteiger partial charge >= 0.3 is 5.97 Å². The Bertz CT molecular complexity index is 775. The number of morpholine rings is 1. The first-order valence-corrected chi connectivity index (χ1v) is 9.60. The summed E-state index contributed by atoms with van der Waals surface area (Å²) in [5.41, 5.74) is 0.648. The Hall–Kier alpha value is -2.82. The second-order valence-corrected chi connectivity index (χ2v) is 7.13. The van der Waals surface area contributed by atoms with Crippen molar-refractivity contribution in [2.45, 2.75) is 32.0 Å². The molecule has 2 rings (SSSR count). The van der Waals surface area contributed by atoms with Gasteiger partial charge in [0.15, 0.2) is 11.8 Å². The molecule has 0 spiro atoms. The predicted molar refractivity (Wildman–Crippen MR) is 106 cm³/mol. The van der Waals surface area contributed by atoms with Gasteiger partial charge in [-0.2, -0.15) is 0 Å². The Morgan fingerprint density at radius 2 is 1.70 bits per heavy atom. The van der Waals surface area contributed by atoms with Crippen LogP contribution in [0.4, 0.5) is 0 Å². The fraction of sp³-hybridized carbons (Fsp3) is 0.500. The van der Waals surface area contributed by atoms with E-state index in [9.17, 15) is 29.4 Å². The number of amides is 2. The second kappa shape index (κ2) is 10.8. The minimum Gasteiger partial charge on any atom is -0.480 e. The summed E-state index contributed by atoms with van der Waals surface area (Å²) < 4.78 is 5.21. The summed E-state index contributed by atoms with van der Waals surface area (Å²) in [4.78, 5) is 49.3. The number of carboxylic acids is 1. The van der Waals surface area contributed by atoms with E-state index in [1.54, 1.807) is 0 Å². The van der Waals surface area contributed by atoms with Crippen LogP contribution in [0.25, 0.3) is 0 Å². The van der Waals surface area contributed by atoms with Gasteiger partial charge in [-0.3, -0.25) is 19.3 Å². The first-order valence-electron chi connectivity index (χ1n) is 9.60. The van der Waals surface area contributed by atoms with Crippen LogP contribution in [0, 0.1) is 0 Å². The molecule has 1 aromatic rings. The zero-order chi connectivity index (χ0) is 22.3. The van der Waals surface area contributed by atoms with Crippen molar-refractivity contribution in [2.75, 3.05) is 32.8 Å². The maximum Gasteiger partial charge on any atom is 0.329 e. The molecule has 1 aliphatic heterocycles. The number of carbonyl (C=O) groups excluding carboxylic acids is 3. The topological polar surface area (TPSA) is 145 Å². The van der Waals surface area contributed by atoms with E-state index in [4.69, 9.17) is 4.74 Å². The number of hydrogen-bond donors (Lipinski definition) is 4. The number of benzene rings is 1. The van der Waals surface area contributed by atoms with Gasteiger partial charge in [-0.05, 0) is 19.4 Å². The molecule has 0 saturated carbocycles. The number of Topliss-reactive ketones (excluding diaryl/α,β-unsaturated/α-hetero) is 1. The van der Waals surface area contributed by atoms with Crippen LogP contribution in [-0.2, 0) is 19.1 Å². The minimum absolute atomic E-state index is 0.106. The number of hydrogen-bond acceptors (Lipinski definition) is 7. The van der Waals surface area contributed by atoms with Crippen molar-refractivity contribution < 1.29 is 34.1 Å². The molecule has 10 heteroatoms. The maximum atomic E-state index is 12.4. The number of nitrogens with one attached hydrogen (secondary N) is 2. The van der Waals surface area contributed by atoms with E-state index in [2.05, 4.69) is 10.6 Å². The number of rotatable bonds is 9. The fourth-order valence-corrected chi connectivity index (χ4v) is 2.98. The highest BCUT2D eigenvalue weighted by Crippen LogP contribution is 2.18. The summed E-state index contributed by atoms with van der Waals surface area (Å²) in [6.07, 6.45) is -1.54. The number of ketones is 1. The number of nitrogens with zero attached hydrogens (tertiary/aromatic N) is 1. The van der Waals surface area contributed by atoms with E-state index in [0.29, 0.717) is 31.9 Å². The van der Waals surface area contributed by atoms with Crippen LogP contribution in [0.5, 0.6) is 0 Å². The summed E-state index contributed by atoms with van der Waals surface area (Å²) in [5.74, 6) is -2.71. The van der Waals surface area contributed by atoms with Crippen molar-refractivity contribution in [3.05, 3.63) is 35.4 Å². The van der Waals surface area contributed by atoms with Crippen LogP contribution in [0.1, 0.15) is 35.9 Å². The maximum absolute atomic E-state index is 12.4. The molecule has 1 heterocycles. The van der Waals surface area contributed by atoms with Gasteiger partial charge < -0.3 is 25.6 Å². The lowest BCUT2D eigenvalue weighted by molar-refractivity contribution is -0.145. The summed E-state index contributed by atoms with van der Waals surface area (Å²) in [6.45, 7) is 5.23. The number of aliphatic hydroxyl groups is 1. The van der Waals surface area contributed by atoms with Crippen LogP contribution in [0.2, 0.25) is 0 Å². The number of ether oxygens (including phenoxy) is 1. The molecule has 30 heavy (non-hydrogen) atoms. The van der Waals surface area contributed by atoms with E-state index >= 15 is 0 Å². The van der Waals surface area contributed by atoms with Crippen LogP contribution in [-0.4, -0.2) is 83.6 Å². The van der Waals surface area contributed by atoms with Crippen molar-refractivity contribution in [1.82, 2.24) is 15.5 Å². The highest BCUT2D eigenvalue weighted by molar-refractivity contribution is 5.94. The molecule has 2 amide bonds. The van der Waals surface area contributed by atoms with Crippen molar-refractivity contribution >= 4 is 23.6 Å². The number of carboxylic acid groups (broad SMARTS) is 1. The Labute approximate surface area is 174 Å². The lowest BCUT2D eigenvalue weighted by Crippen LogP contribution is -2.53. The van der Waals surface area contributed by atoms with Crippen molar-refractivity contribution in [3.8, 4) is 0 Å². The van der Waals surface area contributed by atoms with Crippen molar-refractivity contribution in [2.24, 2.45) is 0 Å². The molecular weight excluding hydrogens is 394 g/mol. The van der Waals surface area contributed by atoms with Crippen LogP contribution >= 0.6 is 0 Å². The quantitative estimate of drug-likeness (QED) is 0.384. The van der Waals surface area contributed by atoms with E-state index < -0.39 is 30.1 Å². The molecule has 3 atom stereocenters. The minimum atomic E-state index is -1.63. The molecule has 1 aromatic carbocycles. The van der Waals surface area contributed by atoms with Gasteiger partial charge in [0.1, 0.15) is 12.1 Å². The SMILES string of the molecule is CC(=O)c1ccc([C@@H](O)[C@H](NC(=O)[C@H](C)NC(=O)CN2CCOCC2)C(=O)O)cc1. The molecule has 4 N–H and O–H groups in total. The van der Waals surface area contributed by atoms with E-state index in [1.807, 2.05) is 4.90 Å². The highest BCUT2D eigenvalue weighted by Gasteiger charge is 2.31. The first kappa shape index (κ1) is 23.5. The van der Waals surface area contributed by atoms with E-state index in [1.165, 1.54) is 38.1 Å². The van der Waals surface area contributed by atoms with Gasteiger partial charge in [-0.1, -0.05) is 24.3 Å². The zero-order valence-electron chi connectivity index (χ0n) is 17.0. The van der Waals surface area contributed by atoms with Crippen LogP contribution < -0.4 is 10.6 Å². The average Bonchev–Trinajstić information content (AvgIpc) is 2.71. The molecule has 1 saturated heterocycles. The van der Waals surface area contributed by atoms with Crippen molar-refractivity contribution in [3.63, 3.8) is 0 Å². The smallest absolute Gasteiger partial charge is 0.329 e. The molecule has 0 aliphatic carbocycles. The fourth-order valence-electron chi connectivity index (χ4n) is 2.98. The van der Waals surface area contributed by atoms with Crippen LogP contribution in [0.15, 0.2) is 24.3 Å². The summed E-state index contributed by atoms with van der Waals surface area (Å²) in [6, 6.07) is 3.17. The second-order valence-electron chi connectivity index (χ2n) is 7.13. The average molecular weight is 421 g/mol. The molecule has 1 aliphatic rings. The monoisotopic (exact) mass is 421 g/mol. The van der Waals surface area contributed by atoms with Gasteiger partial charge in [-0.25, -0.2) is 4.79 Å². The molecule has 1 fully saturated rings. The first-order chi connectivity index (χ1) is 14.2. The third-order valence-corrected chi connectivity index (χ3v) is 4.78. The number of aliphatic hydroxyl groups excluding tert-OH is 1. The Balaban J connectivity index is 1.95. The number of aliphatic carboxylic acids is 1. The largest absolute Gasteiger partial charge is 0.480 e. The summed E-state index contributed by atoms with van der Waals surface area (Å²) in [5, 5.41) is 24.6. The Kier molecular flexibility index (Phi) is 8.46. The Morgan fingerprint density at radius 1 is 1.10 bits per heavy atom. The summed E-state index contributed by atoms with van der Waals surface area (Å²) >= 11 is 0. The normalized spacial score (nSPS) is 17.4. The molecule has 0 unspecified atom stereocenters. The predicted octanol–water partition coefficient (Wildman–Crippen LogP) is -0.671. The van der Waals surface area contributed by atoms with Gasteiger partial charge in [-0.15, -0.1) is 0 Å². The Morgan fingerprint density at radius 3 is 2.23 bits per heavy atom. The molecule has 0 aromatic heterocycles. The highest BCUT2D eigenvalue weighted by atomic mass is 16.5. The van der Waals surface area contributed by atoms with Crippen LogP contribution in [0.3, 0.4) is 0 Å². The molecule has 0 radical (unpaired) electrons. The third-order valence-electron chi connectivity index (χ3n) is 4.78. The molecule has 10 nitrogen and oxygen atoms in total.